The van der Waals surface area contributed by atoms with Crippen molar-refractivity contribution in [2.24, 2.45) is 0 Å². The van der Waals surface area contributed by atoms with E-state index >= 15 is 0 Å². The van der Waals surface area contributed by atoms with Gasteiger partial charge >= 0.3 is 0 Å². The summed E-state index contributed by atoms with van der Waals surface area (Å²) in [6, 6.07) is 5.54. The van der Waals surface area contributed by atoms with E-state index in [1.165, 1.54) is 13.5 Å². The second-order valence-electron chi connectivity index (χ2n) is 7.71. The van der Waals surface area contributed by atoms with Gasteiger partial charge in [-0.3, -0.25) is 9.59 Å². The number of hydrogen-bond acceptors (Lipinski definition) is 4. The van der Waals surface area contributed by atoms with Crippen LogP contribution in [0.1, 0.15) is 42.5 Å². The molecule has 0 spiro atoms. The summed E-state index contributed by atoms with van der Waals surface area (Å²) in [5, 5.41) is 4.09. The summed E-state index contributed by atoms with van der Waals surface area (Å²) in [4.78, 5) is 30.1. The molecule has 146 valence electrons. The lowest BCUT2D eigenvalue weighted by atomic mass is 10.1. The van der Waals surface area contributed by atoms with Gasteiger partial charge in [-0.1, -0.05) is 11.6 Å². The Balaban J connectivity index is 1.52. The number of nitrogens with zero attached hydrogens (tertiary/aromatic N) is 2. The van der Waals surface area contributed by atoms with Crippen LogP contribution in [0.15, 0.2) is 18.2 Å². The van der Waals surface area contributed by atoms with Gasteiger partial charge < -0.3 is 19.9 Å². The van der Waals surface area contributed by atoms with Crippen molar-refractivity contribution >= 4 is 23.4 Å². The average molecular weight is 392 g/mol. The van der Waals surface area contributed by atoms with Crippen LogP contribution in [0.5, 0.6) is 5.75 Å². The van der Waals surface area contributed by atoms with E-state index in [0.29, 0.717) is 41.4 Å². The van der Waals surface area contributed by atoms with Crippen molar-refractivity contribution in [3.05, 3.63) is 28.8 Å². The number of halogens is 1. The molecule has 3 aliphatic heterocycles. The van der Waals surface area contributed by atoms with Crippen LogP contribution in [0.25, 0.3) is 0 Å². The van der Waals surface area contributed by atoms with Gasteiger partial charge in [-0.15, -0.1) is 0 Å². The maximum atomic E-state index is 13.2. The quantitative estimate of drug-likeness (QED) is 0.858. The van der Waals surface area contributed by atoms with Crippen molar-refractivity contribution < 1.29 is 14.3 Å². The summed E-state index contributed by atoms with van der Waals surface area (Å²) in [6.45, 7) is 2.10. The first kappa shape index (κ1) is 18.6. The third-order valence-electron chi connectivity index (χ3n) is 6.03. The van der Waals surface area contributed by atoms with E-state index in [9.17, 15) is 9.59 Å². The molecule has 0 saturated carbocycles. The number of fused-ring (bicyclic) bond motifs is 2. The minimum absolute atomic E-state index is 0.0798. The summed E-state index contributed by atoms with van der Waals surface area (Å²) in [6.07, 6.45) is 4.87. The Labute approximate surface area is 164 Å². The van der Waals surface area contributed by atoms with Gasteiger partial charge in [0.25, 0.3) is 5.91 Å². The summed E-state index contributed by atoms with van der Waals surface area (Å²) in [5.74, 6) is 0.384. The molecule has 4 rings (SSSR count). The Morgan fingerprint density at radius 1 is 1.15 bits per heavy atom. The lowest BCUT2D eigenvalue weighted by molar-refractivity contribution is -0.135. The zero-order chi connectivity index (χ0) is 19.0. The van der Waals surface area contributed by atoms with Crippen LogP contribution in [-0.4, -0.2) is 66.5 Å². The number of methoxy groups -OCH3 is 1. The molecule has 3 atom stereocenters. The van der Waals surface area contributed by atoms with E-state index in [0.717, 1.165) is 32.4 Å². The normalized spacial score (nSPS) is 27.6. The summed E-state index contributed by atoms with van der Waals surface area (Å²) >= 11 is 6.09. The molecule has 0 radical (unpaired) electrons. The van der Waals surface area contributed by atoms with Gasteiger partial charge in [0.2, 0.25) is 5.91 Å². The van der Waals surface area contributed by atoms with Gasteiger partial charge in [-0.05, 0) is 50.3 Å². The topological polar surface area (TPSA) is 61.9 Å². The van der Waals surface area contributed by atoms with Crippen LogP contribution in [0.2, 0.25) is 5.02 Å². The van der Waals surface area contributed by atoms with Gasteiger partial charge in [0.1, 0.15) is 11.8 Å². The molecule has 3 saturated heterocycles. The minimum Gasteiger partial charge on any atom is -0.496 e. The third kappa shape index (κ3) is 3.65. The largest absolute Gasteiger partial charge is 0.496 e. The van der Waals surface area contributed by atoms with Gasteiger partial charge in [0, 0.05) is 36.7 Å². The van der Waals surface area contributed by atoms with Crippen LogP contribution in [0.3, 0.4) is 0 Å². The highest BCUT2D eigenvalue weighted by atomic mass is 35.5. The van der Waals surface area contributed by atoms with Gasteiger partial charge in [-0.25, -0.2) is 0 Å². The van der Waals surface area contributed by atoms with E-state index in [4.69, 9.17) is 16.3 Å². The van der Waals surface area contributed by atoms with Crippen LogP contribution < -0.4 is 10.1 Å². The summed E-state index contributed by atoms with van der Waals surface area (Å²) in [7, 11) is 1.53. The Morgan fingerprint density at radius 3 is 2.78 bits per heavy atom. The molecule has 2 amide bonds. The molecule has 3 heterocycles. The smallest absolute Gasteiger partial charge is 0.258 e. The average Bonchev–Trinajstić information content (AvgIpc) is 3.27. The van der Waals surface area contributed by atoms with Crippen LogP contribution in [0.4, 0.5) is 0 Å². The number of amides is 2. The van der Waals surface area contributed by atoms with Gasteiger partial charge in [0.05, 0.1) is 12.7 Å². The standard InChI is InChI=1S/C20H26ClN3O3/c1-27-18-7-4-13(21)11-16(18)19(25)24-9-2-3-17(24)20(26)23-10-8-14-5-6-15(12-23)22-14/h4,7,11,14-15,17,22H,2-3,5-6,8-10,12H2,1H3. The first-order valence-electron chi connectivity index (χ1n) is 9.76. The Morgan fingerprint density at radius 2 is 1.96 bits per heavy atom. The number of nitrogens with one attached hydrogen (secondary N) is 1. The van der Waals surface area contributed by atoms with Crippen molar-refractivity contribution in [1.82, 2.24) is 15.1 Å². The molecule has 7 heteroatoms. The molecule has 1 aromatic rings. The highest BCUT2D eigenvalue weighted by Gasteiger charge is 2.40. The monoisotopic (exact) mass is 391 g/mol. The van der Waals surface area contributed by atoms with E-state index in [1.54, 1.807) is 23.1 Å². The molecule has 1 N–H and O–H groups in total. The predicted octanol–water partition coefficient (Wildman–Crippen LogP) is 2.31. The number of carbonyl (C=O) groups excluding carboxylic acids is 2. The fraction of sp³-hybridized carbons (Fsp3) is 0.600. The van der Waals surface area contributed by atoms with Gasteiger partial charge in [-0.2, -0.15) is 0 Å². The second-order valence-corrected chi connectivity index (χ2v) is 8.15. The molecule has 2 bridgehead atoms. The first-order chi connectivity index (χ1) is 13.1. The number of likely N-dealkylation sites (tertiary alicyclic amines) is 2. The van der Waals surface area contributed by atoms with Crippen LogP contribution >= 0.6 is 11.6 Å². The van der Waals surface area contributed by atoms with Crippen LogP contribution in [0, 0.1) is 0 Å². The molecule has 3 unspecified atom stereocenters. The zero-order valence-corrected chi connectivity index (χ0v) is 16.4. The fourth-order valence-corrected chi connectivity index (χ4v) is 4.79. The number of rotatable bonds is 3. The summed E-state index contributed by atoms with van der Waals surface area (Å²) < 4.78 is 5.33. The highest BCUT2D eigenvalue weighted by molar-refractivity contribution is 6.31. The lowest BCUT2D eigenvalue weighted by Crippen LogP contribution is -2.50. The van der Waals surface area contributed by atoms with Crippen molar-refractivity contribution in [2.45, 2.75) is 50.2 Å². The first-order valence-corrected chi connectivity index (χ1v) is 10.1. The molecule has 3 aliphatic rings. The maximum absolute atomic E-state index is 13.2. The molecular weight excluding hydrogens is 366 g/mol. The number of hydrogen-bond donors (Lipinski definition) is 1. The van der Waals surface area contributed by atoms with Crippen molar-refractivity contribution in [1.29, 1.82) is 0 Å². The molecule has 3 fully saturated rings. The molecule has 1 aromatic carbocycles. The summed E-state index contributed by atoms with van der Waals surface area (Å²) in [5.41, 5.74) is 0.418. The van der Waals surface area contributed by atoms with E-state index in [2.05, 4.69) is 5.32 Å². The molecule has 0 aliphatic carbocycles. The fourth-order valence-electron chi connectivity index (χ4n) is 4.62. The molecule has 27 heavy (non-hydrogen) atoms. The van der Waals surface area contributed by atoms with Crippen molar-refractivity contribution in [3.63, 3.8) is 0 Å². The van der Waals surface area contributed by atoms with E-state index < -0.39 is 6.04 Å². The Bertz CT molecular complexity index is 741. The third-order valence-corrected chi connectivity index (χ3v) is 6.26. The van der Waals surface area contributed by atoms with E-state index in [-0.39, 0.29) is 11.8 Å². The van der Waals surface area contributed by atoms with Crippen molar-refractivity contribution in [3.8, 4) is 5.75 Å². The van der Waals surface area contributed by atoms with Gasteiger partial charge in [0.15, 0.2) is 0 Å². The molecular formula is C20H26ClN3O3. The molecule has 0 aromatic heterocycles. The zero-order valence-electron chi connectivity index (χ0n) is 15.6. The predicted molar refractivity (Wildman–Crippen MR) is 103 cm³/mol. The maximum Gasteiger partial charge on any atom is 0.258 e. The highest BCUT2D eigenvalue weighted by Crippen LogP contribution is 2.29. The number of carbonyl (C=O) groups is 2. The second kappa shape index (κ2) is 7.68. The Kier molecular flexibility index (Phi) is 5.28. The lowest BCUT2D eigenvalue weighted by Gasteiger charge is -2.31. The number of ether oxygens (including phenoxy) is 1. The minimum atomic E-state index is -0.391. The SMILES string of the molecule is COc1ccc(Cl)cc1C(=O)N1CCCC1C(=O)N1CCC2CCC(C1)N2. The van der Waals surface area contributed by atoms with Crippen molar-refractivity contribution in [2.75, 3.05) is 26.7 Å². The number of benzene rings is 1. The molecule has 6 nitrogen and oxygen atoms in total. The van der Waals surface area contributed by atoms with Crippen LogP contribution in [-0.2, 0) is 4.79 Å². The Hall–Kier alpha value is -1.79. The van der Waals surface area contributed by atoms with E-state index in [1.807, 2.05) is 4.90 Å².